The van der Waals surface area contributed by atoms with Crippen molar-refractivity contribution in [2.24, 2.45) is 0 Å². The Morgan fingerprint density at radius 2 is 2.06 bits per heavy atom. The Morgan fingerprint density at radius 3 is 2.65 bits per heavy atom. The van der Waals surface area contributed by atoms with Crippen LogP contribution < -0.4 is 10.6 Å². The van der Waals surface area contributed by atoms with E-state index in [9.17, 15) is 9.90 Å². The van der Waals surface area contributed by atoms with Crippen molar-refractivity contribution in [2.75, 3.05) is 25.2 Å². The van der Waals surface area contributed by atoms with Crippen LogP contribution in [0.5, 0.6) is 0 Å². The molecule has 0 aliphatic heterocycles. The molecule has 0 aromatic carbocycles. The molecule has 1 rings (SSSR count). The summed E-state index contributed by atoms with van der Waals surface area (Å²) in [6, 6.07) is -0.134. The fourth-order valence-electron chi connectivity index (χ4n) is 2.23. The number of unbranched alkanes of at least 4 members (excludes halogenated alkanes) is 1. The molecule has 0 aromatic rings. The maximum atomic E-state index is 11.7. The van der Waals surface area contributed by atoms with Crippen molar-refractivity contribution in [3.8, 4) is 0 Å². The van der Waals surface area contributed by atoms with E-state index in [0.717, 1.165) is 44.3 Å². The lowest BCUT2D eigenvalue weighted by Gasteiger charge is -2.27. The molecule has 0 heterocycles. The van der Waals surface area contributed by atoms with Crippen LogP contribution in [0.4, 0.5) is 4.79 Å². The van der Waals surface area contributed by atoms with E-state index in [-0.39, 0.29) is 18.2 Å². The van der Waals surface area contributed by atoms with Gasteiger partial charge in [0.1, 0.15) is 0 Å². The second-order valence-electron chi connectivity index (χ2n) is 4.73. The summed E-state index contributed by atoms with van der Waals surface area (Å²) >= 11 is 1.83. The second-order valence-corrected chi connectivity index (χ2v) is 5.71. The number of aliphatic hydroxyl groups excluding tert-OH is 1. The highest BCUT2D eigenvalue weighted by atomic mass is 32.2. The number of hydrogen-bond donors (Lipinski definition) is 3. The molecule has 0 atom stereocenters. The predicted molar refractivity (Wildman–Crippen MR) is 72.4 cm³/mol. The summed E-state index contributed by atoms with van der Waals surface area (Å²) in [6.45, 7) is 0.765. The van der Waals surface area contributed by atoms with Crippen LogP contribution in [0, 0.1) is 0 Å². The number of nitrogens with one attached hydrogen (secondary N) is 2. The number of rotatable bonds is 7. The van der Waals surface area contributed by atoms with Gasteiger partial charge in [-0.25, -0.2) is 4.79 Å². The molecule has 0 radical (unpaired) electrons. The maximum Gasteiger partial charge on any atom is 0.315 e. The average Bonchev–Trinajstić information content (AvgIpc) is 2.78. The number of urea groups is 1. The van der Waals surface area contributed by atoms with Crippen LogP contribution in [0.25, 0.3) is 0 Å². The fraction of sp³-hybridized carbons (Fsp3) is 0.917. The van der Waals surface area contributed by atoms with Crippen molar-refractivity contribution in [3.63, 3.8) is 0 Å². The molecule has 100 valence electrons. The zero-order valence-electron chi connectivity index (χ0n) is 10.6. The van der Waals surface area contributed by atoms with Gasteiger partial charge in [-0.15, -0.1) is 0 Å². The molecule has 5 heteroatoms. The molecule has 3 N–H and O–H groups in total. The molecular weight excluding hydrogens is 236 g/mol. The molecular formula is C12H24N2O2S. The molecule has 4 nitrogen and oxygen atoms in total. The van der Waals surface area contributed by atoms with Gasteiger partial charge in [0.2, 0.25) is 0 Å². The van der Waals surface area contributed by atoms with Crippen molar-refractivity contribution in [2.45, 2.75) is 44.1 Å². The Balaban J connectivity index is 2.15. The third-order valence-electron chi connectivity index (χ3n) is 3.30. The molecule has 1 saturated carbocycles. The van der Waals surface area contributed by atoms with Gasteiger partial charge in [-0.3, -0.25) is 0 Å². The summed E-state index contributed by atoms with van der Waals surface area (Å²) < 4.78 is 0. The number of aliphatic hydroxyl groups is 1. The van der Waals surface area contributed by atoms with Gasteiger partial charge >= 0.3 is 6.03 Å². The topological polar surface area (TPSA) is 61.4 Å². The normalized spacial score (nSPS) is 18.0. The summed E-state index contributed by atoms with van der Waals surface area (Å²) in [5.74, 6) is 1.14. The van der Waals surface area contributed by atoms with E-state index in [2.05, 4.69) is 16.9 Å². The van der Waals surface area contributed by atoms with Crippen molar-refractivity contribution in [1.29, 1.82) is 0 Å². The number of carbonyl (C=O) groups excluding carboxylic acids is 1. The summed E-state index contributed by atoms with van der Waals surface area (Å²) in [6.07, 6.45) is 8.20. The average molecular weight is 260 g/mol. The highest BCUT2D eigenvalue weighted by Crippen LogP contribution is 2.28. The van der Waals surface area contributed by atoms with Gasteiger partial charge in [-0.1, -0.05) is 12.8 Å². The summed E-state index contributed by atoms with van der Waals surface area (Å²) in [5, 5.41) is 15.1. The zero-order valence-corrected chi connectivity index (χ0v) is 11.4. The van der Waals surface area contributed by atoms with Gasteiger partial charge in [0.15, 0.2) is 0 Å². The molecule has 0 saturated heterocycles. The number of hydrogen-bond acceptors (Lipinski definition) is 3. The van der Waals surface area contributed by atoms with Gasteiger partial charge < -0.3 is 15.7 Å². The van der Waals surface area contributed by atoms with E-state index in [4.69, 9.17) is 0 Å². The predicted octanol–water partition coefficient (Wildman–Crippen LogP) is 1.73. The highest BCUT2D eigenvalue weighted by Gasteiger charge is 2.34. The number of amides is 2. The zero-order chi connectivity index (χ0) is 12.6. The van der Waals surface area contributed by atoms with E-state index >= 15 is 0 Å². The van der Waals surface area contributed by atoms with Gasteiger partial charge in [-0.05, 0) is 37.7 Å². The first-order valence-electron chi connectivity index (χ1n) is 6.38. The minimum Gasteiger partial charge on any atom is -0.394 e. The molecule has 0 aromatic heterocycles. The Labute approximate surface area is 108 Å². The minimum atomic E-state index is -0.358. The first-order chi connectivity index (χ1) is 8.22. The van der Waals surface area contributed by atoms with Crippen LogP contribution in [-0.4, -0.2) is 41.8 Å². The van der Waals surface area contributed by atoms with Crippen molar-refractivity contribution in [1.82, 2.24) is 10.6 Å². The van der Waals surface area contributed by atoms with Crippen LogP contribution in [-0.2, 0) is 0 Å². The van der Waals surface area contributed by atoms with Crippen molar-refractivity contribution < 1.29 is 9.90 Å². The SMILES string of the molecule is CSCCCCNC(=O)NC1(CO)CCCC1. The standard InChI is InChI=1S/C12H24N2O2S/c1-17-9-5-4-8-13-11(16)14-12(10-15)6-2-3-7-12/h15H,2-10H2,1H3,(H2,13,14,16). The quantitative estimate of drug-likeness (QED) is 0.611. The third-order valence-corrected chi connectivity index (χ3v) is 4.00. The van der Waals surface area contributed by atoms with Gasteiger partial charge in [0.25, 0.3) is 0 Å². The van der Waals surface area contributed by atoms with Crippen LogP contribution in [0.3, 0.4) is 0 Å². The van der Waals surface area contributed by atoms with Crippen LogP contribution >= 0.6 is 11.8 Å². The lowest BCUT2D eigenvalue weighted by molar-refractivity contribution is 0.163. The molecule has 1 fully saturated rings. The van der Waals surface area contributed by atoms with Gasteiger partial charge in [0.05, 0.1) is 12.1 Å². The fourth-order valence-corrected chi connectivity index (χ4v) is 2.73. The third kappa shape index (κ3) is 5.17. The number of carbonyl (C=O) groups is 1. The lowest BCUT2D eigenvalue weighted by Crippen LogP contribution is -2.52. The van der Waals surface area contributed by atoms with Crippen LogP contribution in [0.15, 0.2) is 0 Å². The minimum absolute atomic E-state index is 0.0485. The first kappa shape index (κ1) is 14.6. The molecule has 17 heavy (non-hydrogen) atoms. The Morgan fingerprint density at radius 1 is 1.35 bits per heavy atom. The maximum absolute atomic E-state index is 11.7. The summed E-state index contributed by atoms with van der Waals surface area (Å²) in [4.78, 5) is 11.7. The molecule has 0 bridgehead atoms. The van der Waals surface area contributed by atoms with Gasteiger partial charge in [0, 0.05) is 6.54 Å². The smallest absolute Gasteiger partial charge is 0.315 e. The van der Waals surface area contributed by atoms with Crippen LogP contribution in [0.2, 0.25) is 0 Å². The highest BCUT2D eigenvalue weighted by molar-refractivity contribution is 7.98. The van der Waals surface area contributed by atoms with Gasteiger partial charge in [-0.2, -0.15) is 11.8 Å². The van der Waals surface area contributed by atoms with E-state index in [1.54, 1.807) is 0 Å². The monoisotopic (exact) mass is 260 g/mol. The van der Waals surface area contributed by atoms with Crippen molar-refractivity contribution >= 4 is 17.8 Å². The van der Waals surface area contributed by atoms with E-state index in [1.165, 1.54) is 0 Å². The van der Waals surface area contributed by atoms with E-state index in [0.29, 0.717) is 6.54 Å². The van der Waals surface area contributed by atoms with Crippen molar-refractivity contribution in [3.05, 3.63) is 0 Å². The Hall–Kier alpha value is -0.420. The summed E-state index contributed by atoms with van der Waals surface area (Å²) in [5.41, 5.74) is -0.358. The second kappa shape index (κ2) is 7.82. The molecule has 2 amide bonds. The molecule has 0 unspecified atom stereocenters. The van der Waals surface area contributed by atoms with E-state index in [1.807, 2.05) is 11.8 Å². The lowest BCUT2D eigenvalue weighted by atomic mass is 9.99. The Kier molecular flexibility index (Phi) is 6.73. The van der Waals surface area contributed by atoms with E-state index < -0.39 is 0 Å². The number of thioether (sulfide) groups is 1. The first-order valence-corrected chi connectivity index (χ1v) is 7.78. The molecule has 1 aliphatic rings. The largest absolute Gasteiger partial charge is 0.394 e. The molecule has 0 spiro atoms. The van der Waals surface area contributed by atoms with Crippen LogP contribution in [0.1, 0.15) is 38.5 Å². The summed E-state index contributed by atoms with van der Waals surface area (Å²) in [7, 11) is 0. The molecule has 1 aliphatic carbocycles. The Bertz CT molecular complexity index is 231.